The van der Waals surface area contributed by atoms with Crippen molar-refractivity contribution in [2.45, 2.75) is 6.18 Å². The monoisotopic (exact) mass is 438 g/mol. The first kappa shape index (κ1) is 19.3. The Labute approximate surface area is 177 Å². The number of nitrogens with one attached hydrogen (secondary N) is 1. The normalized spacial score (nSPS) is 11.8. The number of thiophene rings is 1. The Morgan fingerprint density at radius 3 is 2.61 bits per heavy atom. The van der Waals surface area contributed by atoms with Crippen LogP contribution in [-0.2, 0) is 6.18 Å². The van der Waals surface area contributed by atoms with Gasteiger partial charge in [-0.2, -0.15) is 18.3 Å². The number of carbonyl (C=O) groups excluding carboxylic acids is 1. The smallest absolute Gasteiger partial charge is 0.321 e. The molecular formula is C22H13F3N4OS. The van der Waals surface area contributed by atoms with Crippen molar-refractivity contribution in [2.75, 3.05) is 5.32 Å². The Morgan fingerprint density at radius 2 is 1.84 bits per heavy atom. The van der Waals surface area contributed by atoms with Crippen molar-refractivity contribution >= 4 is 39.4 Å². The highest BCUT2D eigenvalue weighted by atomic mass is 32.1. The summed E-state index contributed by atoms with van der Waals surface area (Å²) in [6.45, 7) is 0. The average molecular weight is 438 g/mol. The van der Waals surface area contributed by atoms with Crippen LogP contribution in [0.15, 0.2) is 72.2 Å². The molecule has 0 bridgehead atoms. The van der Waals surface area contributed by atoms with Crippen molar-refractivity contribution in [2.24, 2.45) is 0 Å². The first-order valence-corrected chi connectivity index (χ1v) is 10.1. The van der Waals surface area contributed by atoms with Crippen LogP contribution in [0.1, 0.15) is 16.1 Å². The largest absolute Gasteiger partial charge is 0.433 e. The maximum absolute atomic E-state index is 13.7. The summed E-state index contributed by atoms with van der Waals surface area (Å²) in [6, 6.07) is 17.3. The van der Waals surface area contributed by atoms with Crippen LogP contribution in [-0.4, -0.2) is 20.5 Å². The highest BCUT2D eigenvalue weighted by Gasteiger charge is 2.36. The van der Waals surface area contributed by atoms with E-state index in [4.69, 9.17) is 0 Å². The molecule has 9 heteroatoms. The fourth-order valence-electron chi connectivity index (χ4n) is 3.40. The molecule has 0 aliphatic heterocycles. The third-order valence-corrected chi connectivity index (χ3v) is 5.71. The minimum atomic E-state index is -4.66. The molecule has 0 atom stereocenters. The van der Waals surface area contributed by atoms with Gasteiger partial charge >= 0.3 is 6.18 Å². The van der Waals surface area contributed by atoms with Gasteiger partial charge in [-0.1, -0.05) is 42.5 Å². The van der Waals surface area contributed by atoms with E-state index in [1.807, 2.05) is 30.3 Å². The lowest BCUT2D eigenvalue weighted by molar-refractivity contribution is -0.142. The molecule has 2 aromatic carbocycles. The van der Waals surface area contributed by atoms with Crippen LogP contribution >= 0.6 is 11.3 Å². The number of halogens is 3. The SMILES string of the molecule is O=C(Nc1cccc2ccccc12)c1cnn2c(C(F)(F)F)cc(-c3cccs3)nc12. The fraction of sp³-hybridized carbons (Fsp3) is 0.0455. The number of nitrogens with zero attached hydrogens (tertiary/aromatic N) is 3. The summed E-state index contributed by atoms with van der Waals surface area (Å²) >= 11 is 1.26. The Balaban J connectivity index is 1.63. The number of fused-ring (bicyclic) bond motifs is 2. The van der Waals surface area contributed by atoms with Gasteiger partial charge in [-0.25, -0.2) is 9.50 Å². The third kappa shape index (κ3) is 3.42. The minimum absolute atomic E-state index is 0.0446. The first-order chi connectivity index (χ1) is 14.9. The van der Waals surface area contributed by atoms with Crippen molar-refractivity contribution in [1.29, 1.82) is 0 Å². The third-order valence-electron chi connectivity index (χ3n) is 4.82. The molecular weight excluding hydrogens is 425 g/mol. The van der Waals surface area contributed by atoms with E-state index in [9.17, 15) is 18.0 Å². The van der Waals surface area contributed by atoms with Gasteiger partial charge in [0.1, 0.15) is 5.56 Å². The molecule has 3 aromatic heterocycles. The van der Waals surface area contributed by atoms with Gasteiger partial charge in [-0.15, -0.1) is 11.3 Å². The number of hydrogen-bond donors (Lipinski definition) is 1. The van der Waals surface area contributed by atoms with Crippen LogP contribution in [0.25, 0.3) is 27.0 Å². The predicted molar refractivity (Wildman–Crippen MR) is 113 cm³/mol. The van der Waals surface area contributed by atoms with Crippen molar-refractivity contribution in [3.05, 3.63) is 83.5 Å². The molecule has 0 unspecified atom stereocenters. The summed E-state index contributed by atoms with van der Waals surface area (Å²) in [5.74, 6) is -0.588. The molecule has 0 fully saturated rings. The van der Waals surface area contributed by atoms with E-state index in [-0.39, 0.29) is 16.9 Å². The maximum atomic E-state index is 13.7. The molecule has 5 rings (SSSR count). The average Bonchev–Trinajstić information content (AvgIpc) is 3.42. The van der Waals surface area contributed by atoms with Gasteiger partial charge in [0.25, 0.3) is 5.91 Å². The number of alkyl halides is 3. The second-order valence-electron chi connectivity index (χ2n) is 6.78. The molecule has 1 N–H and O–H groups in total. The summed E-state index contributed by atoms with van der Waals surface area (Å²) in [4.78, 5) is 17.9. The number of hydrogen-bond acceptors (Lipinski definition) is 4. The standard InChI is InChI=1S/C22H13F3N4OS/c23-22(24,25)19-11-17(18-9-4-10-31-18)27-20-15(12-26-29(19)20)21(30)28-16-8-3-6-13-5-1-2-7-14(13)16/h1-12H,(H,28,30). The summed E-state index contributed by atoms with van der Waals surface area (Å²) in [5, 5.41) is 10.1. The molecule has 0 saturated carbocycles. The molecule has 31 heavy (non-hydrogen) atoms. The van der Waals surface area contributed by atoms with Crippen LogP contribution in [0.4, 0.5) is 18.9 Å². The molecule has 0 aliphatic carbocycles. The van der Waals surface area contributed by atoms with E-state index in [1.54, 1.807) is 29.6 Å². The quantitative estimate of drug-likeness (QED) is 0.383. The van der Waals surface area contributed by atoms with Crippen molar-refractivity contribution in [3.8, 4) is 10.6 Å². The number of rotatable bonds is 3. The number of amides is 1. The highest BCUT2D eigenvalue weighted by molar-refractivity contribution is 7.13. The van der Waals surface area contributed by atoms with Crippen molar-refractivity contribution < 1.29 is 18.0 Å². The van der Waals surface area contributed by atoms with E-state index in [2.05, 4.69) is 15.4 Å². The predicted octanol–water partition coefficient (Wildman–Crippen LogP) is 5.88. The van der Waals surface area contributed by atoms with Gasteiger partial charge in [-0.05, 0) is 29.0 Å². The zero-order valence-electron chi connectivity index (χ0n) is 15.7. The summed E-state index contributed by atoms with van der Waals surface area (Å²) < 4.78 is 41.7. The lowest BCUT2D eigenvalue weighted by Crippen LogP contribution is -2.15. The summed E-state index contributed by atoms with van der Waals surface area (Å²) in [6.07, 6.45) is -3.56. The number of anilines is 1. The van der Waals surface area contributed by atoms with Gasteiger partial charge in [-0.3, -0.25) is 4.79 Å². The van der Waals surface area contributed by atoms with Crippen LogP contribution < -0.4 is 5.32 Å². The molecule has 0 saturated heterocycles. The number of aromatic nitrogens is 3. The van der Waals surface area contributed by atoms with E-state index < -0.39 is 17.8 Å². The summed E-state index contributed by atoms with van der Waals surface area (Å²) in [7, 11) is 0. The van der Waals surface area contributed by atoms with Crippen molar-refractivity contribution in [3.63, 3.8) is 0 Å². The van der Waals surface area contributed by atoms with Crippen LogP contribution in [0.2, 0.25) is 0 Å². The lowest BCUT2D eigenvalue weighted by Gasteiger charge is -2.11. The van der Waals surface area contributed by atoms with E-state index in [0.717, 1.165) is 23.0 Å². The van der Waals surface area contributed by atoms with Gasteiger partial charge in [0.15, 0.2) is 11.3 Å². The van der Waals surface area contributed by atoms with Crippen LogP contribution in [0.3, 0.4) is 0 Å². The molecule has 154 valence electrons. The zero-order valence-corrected chi connectivity index (χ0v) is 16.5. The fourth-order valence-corrected chi connectivity index (χ4v) is 4.09. The number of benzene rings is 2. The Kier molecular flexibility index (Phi) is 4.48. The Hall–Kier alpha value is -3.72. The molecule has 0 radical (unpaired) electrons. The highest BCUT2D eigenvalue weighted by Crippen LogP contribution is 2.34. The second kappa shape index (κ2) is 7.21. The van der Waals surface area contributed by atoms with Crippen LogP contribution in [0, 0.1) is 0 Å². The molecule has 3 heterocycles. The van der Waals surface area contributed by atoms with Crippen LogP contribution in [0.5, 0.6) is 0 Å². The second-order valence-corrected chi connectivity index (χ2v) is 7.72. The molecule has 0 spiro atoms. The Morgan fingerprint density at radius 1 is 1.03 bits per heavy atom. The summed E-state index contributed by atoms with van der Waals surface area (Å²) in [5.41, 5.74) is -0.514. The van der Waals surface area contributed by atoms with Gasteiger partial charge in [0.05, 0.1) is 16.8 Å². The topological polar surface area (TPSA) is 59.3 Å². The van der Waals surface area contributed by atoms with Gasteiger partial charge < -0.3 is 5.32 Å². The van der Waals surface area contributed by atoms with Gasteiger partial charge in [0, 0.05) is 11.1 Å². The molecule has 5 aromatic rings. The molecule has 5 nitrogen and oxygen atoms in total. The van der Waals surface area contributed by atoms with E-state index >= 15 is 0 Å². The molecule has 0 aliphatic rings. The maximum Gasteiger partial charge on any atom is 0.433 e. The first-order valence-electron chi connectivity index (χ1n) is 9.21. The minimum Gasteiger partial charge on any atom is -0.321 e. The number of carbonyl (C=O) groups is 1. The molecule has 1 amide bonds. The zero-order chi connectivity index (χ0) is 21.6. The lowest BCUT2D eigenvalue weighted by atomic mass is 10.1. The van der Waals surface area contributed by atoms with E-state index in [1.165, 1.54) is 11.3 Å². The van der Waals surface area contributed by atoms with E-state index in [0.29, 0.717) is 15.1 Å². The Bertz CT molecular complexity index is 1420. The van der Waals surface area contributed by atoms with Gasteiger partial charge in [0.2, 0.25) is 0 Å². The van der Waals surface area contributed by atoms with Crippen molar-refractivity contribution in [1.82, 2.24) is 14.6 Å².